The van der Waals surface area contributed by atoms with Gasteiger partial charge in [0.15, 0.2) is 0 Å². The largest absolute Gasteiger partial charge is 0.396 e. The highest BCUT2D eigenvalue weighted by molar-refractivity contribution is 4.72. The van der Waals surface area contributed by atoms with E-state index in [1.807, 2.05) is 0 Å². The molecule has 1 heterocycles. The number of nitrogens with zero attached hydrogens (tertiary/aromatic N) is 1. The molecule has 1 rings (SSSR count). The summed E-state index contributed by atoms with van der Waals surface area (Å²) in [7, 11) is 0. The zero-order valence-electron chi connectivity index (χ0n) is 6.86. The van der Waals surface area contributed by atoms with Crippen molar-refractivity contribution in [2.45, 2.75) is 13.3 Å². The van der Waals surface area contributed by atoms with Gasteiger partial charge in [0, 0.05) is 19.7 Å². The van der Waals surface area contributed by atoms with Gasteiger partial charge in [-0.25, -0.2) is 4.94 Å². The summed E-state index contributed by atoms with van der Waals surface area (Å²) in [6.07, 6.45) is 1.07. The van der Waals surface area contributed by atoms with Crippen molar-refractivity contribution in [3.8, 4) is 0 Å². The standard InChI is InChI=1S/C7H16N2O2/c1-6-2-7(5-10)4-9(3-6)11-8/h6-7,10H,2-5,8H2,1H3. The SMILES string of the molecule is CC1CC(CO)CN(ON)C1. The zero-order chi connectivity index (χ0) is 8.27. The van der Waals surface area contributed by atoms with Crippen molar-refractivity contribution in [2.75, 3.05) is 19.7 Å². The molecule has 0 spiro atoms. The minimum Gasteiger partial charge on any atom is -0.396 e. The fraction of sp³-hybridized carbons (Fsp3) is 1.00. The average Bonchev–Trinajstić information content (AvgIpc) is 2.03. The number of hydrogen-bond acceptors (Lipinski definition) is 4. The van der Waals surface area contributed by atoms with Crippen molar-refractivity contribution in [3.63, 3.8) is 0 Å². The second kappa shape index (κ2) is 4.01. The number of nitrogens with two attached hydrogens (primary N) is 1. The summed E-state index contributed by atoms with van der Waals surface area (Å²) in [4.78, 5) is 4.62. The van der Waals surface area contributed by atoms with Gasteiger partial charge in [0.25, 0.3) is 0 Å². The first-order valence-electron chi connectivity index (χ1n) is 3.99. The van der Waals surface area contributed by atoms with Crippen LogP contribution < -0.4 is 5.90 Å². The predicted octanol–water partition coefficient (Wildman–Crippen LogP) is -0.258. The lowest BCUT2D eigenvalue weighted by Crippen LogP contribution is -2.42. The molecule has 0 amide bonds. The van der Waals surface area contributed by atoms with Crippen LogP contribution in [0.2, 0.25) is 0 Å². The Morgan fingerprint density at radius 3 is 2.91 bits per heavy atom. The molecule has 2 atom stereocenters. The molecule has 0 aliphatic carbocycles. The van der Waals surface area contributed by atoms with E-state index in [-0.39, 0.29) is 6.61 Å². The summed E-state index contributed by atoms with van der Waals surface area (Å²) in [6.45, 7) is 3.97. The molecule has 0 aromatic heterocycles. The van der Waals surface area contributed by atoms with Crippen LogP contribution in [0.15, 0.2) is 0 Å². The Kier molecular flexibility index (Phi) is 3.26. The Labute approximate surface area is 66.8 Å². The molecular weight excluding hydrogens is 144 g/mol. The molecule has 0 radical (unpaired) electrons. The zero-order valence-corrected chi connectivity index (χ0v) is 6.86. The summed E-state index contributed by atoms with van der Waals surface area (Å²) in [5.74, 6) is 5.91. The summed E-state index contributed by atoms with van der Waals surface area (Å²) < 4.78 is 0. The normalized spacial score (nSPS) is 34.1. The van der Waals surface area contributed by atoms with Crippen molar-refractivity contribution < 1.29 is 10.0 Å². The molecule has 0 aromatic rings. The van der Waals surface area contributed by atoms with Crippen LogP contribution in [0, 0.1) is 11.8 Å². The third-order valence-corrected chi connectivity index (χ3v) is 2.12. The second-order valence-electron chi connectivity index (χ2n) is 3.34. The average molecular weight is 160 g/mol. The maximum atomic E-state index is 8.90. The van der Waals surface area contributed by atoms with Gasteiger partial charge in [0.2, 0.25) is 0 Å². The number of hydrogen-bond donors (Lipinski definition) is 2. The summed E-state index contributed by atoms with van der Waals surface area (Å²) >= 11 is 0. The third-order valence-electron chi connectivity index (χ3n) is 2.12. The van der Waals surface area contributed by atoms with Crippen molar-refractivity contribution in [1.82, 2.24) is 5.06 Å². The molecular formula is C7H16N2O2. The van der Waals surface area contributed by atoms with Crippen LogP contribution in [0.1, 0.15) is 13.3 Å². The minimum absolute atomic E-state index is 0.226. The summed E-state index contributed by atoms with van der Waals surface area (Å²) in [5, 5.41) is 10.6. The minimum atomic E-state index is 0.226. The van der Waals surface area contributed by atoms with Gasteiger partial charge in [-0.3, -0.25) is 0 Å². The number of hydroxylamine groups is 2. The molecule has 1 fully saturated rings. The number of aliphatic hydroxyl groups is 1. The van der Waals surface area contributed by atoms with E-state index in [4.69, 9.17) is 11.0 Å². The van der Waals surface area contributed by atoms with Gasteiger partial charge >= 0.3 is 0 Å². The monoisotopic (exact) mass is 160 g/mol. The van der Waals surface area contributed by atoms with E-state index in [1.54, 1.807) is 5.06 Å². The van der Waals surface area contributed by atoms with Crippen LogP contribution in [0.5, 0.6) is 0 Å². The van der Waals surface area contributed by atoms with Crippen LogP contribution in [-0.2, 0) is 4.94 Å². The summed E-state index contributed by atoms with van der Waals surface area (Å²) in [5.41, 5.74) is 0. The van der Waals surface area contributed by atoms with Crippen LogP contribution >= 0.6 is 0 Å². The molecule has 4 heteroatoms. The molecule has 0 bridgehead atoms. The molecule has 3 N–H and O–H groups in total. The highest BCUT2D eigenvalue weighted by Gasteiger charge is 2.24. The molecule has 4 nitrogen and oxygen atoms in total. The molecule has 1 saturated heterocycles. The Balaban J connectivity index is 2.37. The fourth-order valence-electron chi connectivity index (χ4n) is 1.65. The third kappa shape index (κ3) is 2.41. The van der Waals surface area contributed by atoms with Gasteiger partial charge in [0.1, 0.15) is 0 Å². The molecule has 1 aliphatic rings. The Hall–Kier alpha value is -0.160. The van der Waals surface area contributed by atoms with Gasteiger partial charge in [0.05, 0.1) is 0 Å². The van der Waals surface area contributed by atoms with E-state index < -0.39 is 0 Å². The lowest BCUT2D eigenvalue weighted by atomic mass is 9.92. The molecule has 1 aliphatic heterocycles. The van der Waals surface area contributed by atoms with Crippen LogP contribution in [0.25, 0.3) is 0 Å². The maximum absolute atomic E-state index is 8.90. The topological polar surface area (TPSA) is 58.7 Å². The van der Waals surface area contributed by atoms with Crippen molar-refractivity contribution >= 4 is 0 Å². The van der Waals surface area contributed by atoms with Crippen LogP contribution in [-0.4, -0.2) is 29.9 Å². The van der Waals surface area contributed by atoms with E-state index in [0.717, 1.165) is 19.5 Å². The highest BCUT2D eigenvalue weighted by atomic mass is 16.8. The number of piperidine rings is 1. The lowest BCUT2D eigenvalue weighted by Gasteiger charge is -2.32. The smallest absolute Gasteiger partial charge is 0.0472 e. The molecule has 2 unspecified atom stereocenters. The Morgan fingerprint density at radius 1 is 1.64 bits per heavy atom. The molecule has 11 heavy (non-hydrogen) atoms. The number of aliphatic hydroxyl groups excluding tert-OH is 1. The first kappa shape index (κ1) is 8.93. The number of rotatable bonds is 2. The lowest BCUT2D eigenvalue weighted by molar-refractivity contribution is -0.193. The Morgan fingerprint density at radius 2 is 2.36 bits per heavy atom. The van der Waals surface area contributed by atoms with E-state index in [1.165, 1.54) is 0 Å². The summed E-state index contributed by atoms with van der Waals surface area (Å²) in [6, 6.07) is 0. The van der Waals surface area contributed by atoms with E-state index in [9.17, 15) is 0 Å². The fourth-order valence-corrected chi connectivity index (χ4v) is 1.65. The van der Waals surface area contributed by atoms with Crippen LogP contribution in [0.4, 0.5) is 0 Å². The van der Waals surface area contributed by atoms with Crippen LogP contribution in [0.3, 0.4) is 0 Å². The van der Waals surface area contributed by atoms with Gasteiger partial charge in [-0.2, -0.15) is 11.0 Å². The van der Waals surface area contributed by atoms with E-state index in [0.29, 0.717) is 11.8 Å². The van der Waals surface area contributed by atoms with Gasteiger partial charge in [-0.15, -0.1) is 0 Å². The first-order chi connectivity index (χ1) is 5.26. The molecule has 0 saturated carbocycles. The van der Waals surface area contributed by atoms with Gasteiger partial charge in [-0.1, -0.05) is 6.92 Å². The highest BCUT2D eigenvalue weighted by Crippen LogP contribution is 2.20. The van der Waals surface area contributed by atoms with Crippen molar-refractivity contribution in [1.29, 1.82) is 0 Å². The predicted molar refractivity (Wildman–Crippen MR) is 41.2 cm³/mol. The first-order valence-corrected chi connectivity index (χ1v) is 3.99. The van der Waals surface area contributed by atoms with Crippen molar-refractivity contribution in [2.24, 2.45) is 17.7 Å². The van der Waals surface area contributed by atoms with E-state index >= 15 is 0 Å². The van der Waals surface area contributed by atoms with Gasteiger partial charge < -0.3 is 5.11 Å². The Bertz CT molecular complexity index is 109. The van der Waals surface area contributed by atoms with Gasteiger partial charge in [-0.05, 0) is 18.3 Å². The maximum Gasteiger partial charge on any atom is 0.0472 e. The van der Waals surface area contributed by atoms with Crippen molar-refractivity contribution in [3.05, 3.63) is 0 Å². The second-order valence-corrected chi connectivity index (χ2v) is 3.34. The molecule has 0 aromatic carbocycles. The molecule has 66 valence electrons. The van der Waals surface area contributed by atoms with E-state index in [2.05, 4.69) is 11.9 Å². The quantitative estimate of drug-likeness (QED) is 0.546.